The van der Waals surface area contributed by atoms with Crippen LogP contribution in [0, 0.1) is 10.1 Å². The number of aliphatic hydroxyl groups is 1. The molecular formula is C14H21N3O4. The summed E-state index contributed by atoms with van der Waals surface area (Å²) >= 11 is 0. The molecule has 1 amide bonds. The zero-order valence-electron chi connectivity index (χ0n) is 12.2. The fourth-order valence-electron chi connectivity index (χ4n) is 2.90. The second-order valence-corrected chi connectivity index (χ2v) is 5.58. The van der Waals surface area contributed by atoms with Crippen molar-refractivity contribution in [2.45, 2.75) is 51.1 Å². The average Bonchev–Trinajstić information content (AvgIpc) is 2.93. The van der Waals surface area contributed by atoms with Crippen LogP contribution < -0.4 is 5.32 Å². The molecular weight excluding hydrogens is 274 g/mol. The molecule has 116 valence electrons. The summed E-state index contributed by atoms with van der Waals surface area (Å²) in [5.41, 5.74) is -0.418. The highest BCUT2D eigenvalue weighted by Gasteiger charge is 2.34. The number of amides is 1. The monoisotopic (exact) mass is 295 g/mol. The molecule has 0 radical (unpaired) electrons. The van der Waals surface area contributed by atoms with Crippen LogP contribution in [0.25, 0.3) is 0 Å². The number of aliphatic hydroxyl groups excluding tert-OH is 1. The quantitative estimate of drug-likeness (QED) is 0.639. The number of aromatic nitrogens is 1. The third kappa shape index (κ3) is 3.24. The summed E-state index contributed by atoms with van der Waals surface area (Å²) in [4.78, 5) is 22.8. The molecule has 0 unspecified atom stereocenters. The van der Waals surface area contributed by atoms with Gasteiger partial charge in [0.1, 0.15) is 5.69 Å². The highest BCUT2D eigenvalue weighted by molar-refractivity contribution is 5.94. The summed E-state index contributed by atoms with van der Waals surface area (Å²) < 4.78 is 1.56. The summed E-state index contributed by atoms with van der Waals surface area (Å²) in [6.45, 7) is 2.19. The standard InChI is InChI=1S/C14H21N3O4/c1-2-16-9-11(17(20)21)8-12(16)13(19)15-14(10-18)6-4-3-5-7-14/h8-9,18H,2-7,10H2,1H3,(H,15,19). The molecule has 0 aromatic carbocycles. The predicted molar refractivity (Wildman–Crippen MR) is 77.1 cm³/mol. The van der Waals surface area contributed by atoms with E-state index in [-0.39, 0.29) is 23.9 Å². The lowest BCUT2D eigenvalue weighted by Crippen LogP contribution is -2.52. The van der Waals surface area contributed by atoms with E-state index in [1.54, 1.807) is 4.57 Å². The van der Waals surface area contributed by atoms with E-state index in [1.807, 2.05) is 6.92 Å². The molecule has 7 nitrogen and oxygen atoms in total. The van der Waals surface area contributed by atoms with Gasteiger partial charge in [-0.15, -0.1) is 0 Å². The van der Waals surface area contributed by atoms with Crippen molar-refractivity contribution in [3.05, 3.63) is 28.1 Å². The van der Waals surface area contributed by atoms with Gasteiger partial charge in [0, 0.05) is 12.6 Å². The zero-order valence-corrected chi connectivity index (χ0v) is 12.2. The maximum atomic E-state index is 12.4. The first-order valence-corrected chi connectivity index (χ1v) is 7.29. The van der Waals surface area contributed by atoms with Gasteiger partial charge in [-0.25, -0.2) is 0 Å². The van der Waals surface area contributed by atoms with Crippen LogP contribution in [0.1, 0.15) is 49.5 Å². The molecule has 0 spiro atoms. The Morgan fingerprint density at radius 3 is 2.67 bits per heavy atom. The van der Waals surface area contributed by atoms with Crippen molar-refractivity contribution in [1.29, 1.82) is 0 Å². The lowest BCUT2D eigenvalue weighted by Gasteiger charge is -2.36. The molecule has 21 heavy (non-hydrogen) atoms. The van der Waals surface area contributed by atoms with Crippen LogP contribution in [0.4, 0.5) is 5.69 Å². The molecule has 1 fully saturated rings. The molecule has 1 heterocycles. The zero-order chi connectivity index (χ0) is 15.5. The lowest BCUT2D eigenvalue weighted by atomic mass is 9.82. The van der Waals surface area contributed by atoms with E-state index in [9.17, 15) is 20.0 Å². The summed E-state index contributed by atoms with van der Waals surface area (Å²) in [7, 11) is 0. The smallest absolute Gasteiger partial charge is 0.287 e. The molecule has 0 saturated heterocycles. The maximum absolute atomic E-state index is 12.4. The number of nitrogens with zero attached hydrogens (tertiary/aromatic N) is 2. The van der Waals surface area contributed by atoms with Crippen molar-refractivity contribution in [3.8, 4) is 0 Å². The van der Waals surface area contributed by atoms with Gasteiger partial charge < -0.3 is 15.0 Å². The van der Waals surface area contributed by atoms with E-state index in [0.717, 1.165) is 32.1 Å². The van der Waals surface area contributed by atoms with Gasteiger partial charge in [-0.05, 0) is 19.8 Å². The molecule has 1 saturated carbocycles. The molecule has 0 atom stereocenters. The SMILES string of the molecule is CCn1cc([N+](=O)[O-])cc1C(=O)NC1(CO)CCCCC1. The van der Waals surface area contributed by atoms with Gasteiger partial charge in [0.2, 0.25) is 0 Å². The molecule has 1 aromatic rings. The molecule has 0 aliphatic heterocycles. The highest BCUT2D eigenvalue weighted by atomic mass is 16.6. The Morgan fingerprint density at radius 2 is 2.14 bits per heavy atom. The van der Waals surface area contributed by atoms with Crippen LogP contribution in [-0.4, -0.2) is 32.6 Å². The lowest BCUT2D eigenvalue weighted by molar-refractivity contribution is -0.384. The van der Waals surface area contributed by atoms with Gasteiger partial charge in [0.05, 0.1) is 23.3 Å². The van der Waals surface area contributed by atoms with Gasteiger partial charge in [-0.2, -0.15) is 0 Å². The Morgan fingerprint density at radius 1 is 1.48 bits per heavy atom. The number of carbonyl (C=O) groups is 1. The Kier molecular flexibility index (Phi) is 4.62. The third-order valence-electron chi connectivity index (χ3n) is 4.16. The van der Waals surface area contributed by atoms with Gasteiger partial charge >= 0.3 is 0 Å². The number of hydrogen-bond acceptors (Lipinski definition) is 4. The summed E-state index contributed by atoms with van der Waals surface area (Å²) in [6, 6.07) is 1.28. The van der Waals surface area contributed by atoms with E-state index < -0.39 is 10.5 Å². The first kappa shape index (κ1) is 15.5. The van der Waals surface area contributed by atoms with Crippen LogP contribution in [-0.2, 0) is 6.54 Å². The number of carbonyl (C=O) groups excluding carboxylic acids is 1. The minimum absolute atomic E-state index is 0.0938. The van der Waals surface area contributed by atoms with Gasteiger partial charge in [0.25, 0.3) is 11.6 Å². The highest BCUT2D eigenvalue weighted by Crippen LogP contribution is 2.28. The third-order valence-corrected chi connectivity index (χ3v) is 4.16. The van der Waals surface area contributed by atoms with Crippen LogP contribution >= 0.6 is 0 Å². The maximum Gasteiger partial charge on any atom is 0.287 e. The molecule has 1 aromatic heterocycles. The number of rotatable bonds is 5. The average molecular weight is 295 g/mol. The van der Waals surface area contributed by atoms with E-state index in [1.165, 1.54) is 12.3 Å². The van der Waals surface area contributed by atoms with E-state index in [4.69, 9.17) is 0 Å². The second-order valence-electron chi connectivity index (χ2n) is 5.58. The first-order valence-electron chi connectivity index (χ1n) is 7.29. The Labute approximate surface area is 123 Å². The molecule has 2 N–H and O–H groups in total. The molecule has 1 aliphatic carbocycles. The summed E-state index contributed by atoms with van der Waals surface area (Å²) in [6.07, 6.45) is 5.88. The molecule has 0 bridgehead atoms. The number of aryl methyl sites for hydroxylation is 1. The van der Waals surface area contributed by atoms with Crippen molar-refractivity contribution in [2.24, 2.45) is 0 Å². The van der Waals surface area contributed by atoms with Gasteiger partial charge in [-0.1, -0.05) is 19.3 Å². The van der Waals surface area contributed by atoms with Crippen LogP contribution in [0.5, 0.6) is 0 Å². The van der Waals surface area contributed by atoms with Crippen molar-refractivity contribution in [1.82, 2.24) is 9.88 Å². The normalized spacial score (nSPS) is 17.4. The Hall–Kier alpha value is -1.89. The van der Waals surface area contributed by atoms with Crippen molar-refractivity contribution < 1.29 is 14.8 Å². The van der Waals surface area contributed by atoms with E-state index in [2.05, 4.69) is 5.32 Å². The molecule has 2 rings (SSSR count). The Bertz CT molecular complexity index is 532. The van der Waals surface area contributed by atoms with E-state index >= 15 is 0 Å². The number of hydrogen-bond donors (Lipinski definition) is 2. The molecule has 7 heteroatoms. The summed E-state index contributed by atoms with van der Waals surface area (Å²) in [5, 5.41) is 23.4. The second kappa shape index (κ2) is 6.26. The van der Waals surface area contributed by atoms with Crippen molar-refractivity contribution >= 4 is 11.6 Å². The minimum atomic E-state index is -0.590. The fraction of sp³-hybridized carbons (Fsp3) is 0.643. The summed E-state index contributed by atoms with van der Waals surface area (Å²) in [5.74, 6) is -0.360. The van der Waals surface area contributed by atoms with Gasteiger partial charge in [0.15, 0.2) is 0 Å². The topological polar surface area (TPSA) is 97.4 Å². The largest absolute Gasteiger partial charge is 0.394 e. The van der Waals surface area contributed by atoms with Crippen molar-refractivity contribution in [2.75, 3.05) is 6.61 Å². The Balaban J connectivity index is 2.21. The minimum Gasteiger partial charge on any atom is -0.394 e. The number of nitro groups is 1. The van der Waals surface area contributed by atoms with Crippen LogP contribution in [0.2, 0.25) is 0 Å². The van der Waals surface area contributed by atoms with Gasteiger partial charge in [-0.3, -0.25) is 14.9 Å². The van der Waals surface area contributed by atoms with Crippen molar-refractivity contribution in [3.63, 3.8) is 0 Å². The predicted octanol–water partition coefficient (Wildman–Crippen LogP) is 1.84. The van der Waals surface area contributed by atoms with Crippen LogP contribution in [0.15, 0.2) is 12.3 Å². The molecule has 1 aliphatic rings. The van der Waals surface area contributed by atoms with E-state index in [0.29, 0.717) is 6.54 Å². The number of nitrogens with one attached hydrogen (secondary N) is 1. The fourth-order valence-corrected chi connectivity index (χ4v) is 2.90. The first-order chi connectivity index (χ1) is 10.0. The van der Waals surface area contributed by atoms with Crippen LogP contribution in [0.3, 0.4) is 0 Å².